The number of hydrogen-bond acceptors (Lipinski definition) is 2. The van der Waals surface area contributed by atoms with E-state index in [4.69, 9.17) is 34.8 Å². The molecule has 0 aliphatic heterocycles. The Labute approximate surface area is 135 Å². The maximum absolute atomic E-state index is 13.5. The Morgan fingerprint density at radius 2 is 1.57 bits per heavy atom. The molecule has 0 amide bonds. The van der Waals surface area contributed by atoms with Crippen LogP contribution in [0.15, 0.2) is 30.3 Å². The van der Waals surface area contributed by atoms with Crippen molar-refractivity contribution in [3.8, 4) is 0 Å². The van der Waals surface area contributed by atoms with Crippen molar-refractivity contribution in [2.75, 3.05) is 11.9 Å². The van der Waals surface area contributed by atoms with E-state index in [0.29, 0.717) is 10.7 Å². The number of aliphatic hydroxyl groups excluding tert-OH is 1. The van der Waals surface area contributed by atoms with Crippen LogP contribution in [0.2, 0.25) is 15.1 Å². The lowest BCUT2D eigenvalue weighted by molar-refractivity contribution is 0.181. The second-order valence-corrected chi connectivity index (χ2v) is 5.53. The molecule has 7 heteroatoms. The van der Waals surface area contributed by atoms with Crippen molar-refractivity contribution in [3.05, 3.63) is 62.6 Å². The molecule has 2 aromatic rings. The van der Waals surface area contributed by atoms with Crippen LogP contribution in [0.25, 0.3) is 0 Å². The summed E-state index contributed by atoms with van der Waals surface area (Å²) in [5.41, 5.74) is -0.0789. The Balaban J connectivity index is 2.17. The summed E-state index contributed by atoms with van der Waals surface area (Å²) >= 11 is 17.7. The van der Waals surface area contributed by atoms with Crippen molar-refractivity contribution in [1.82, 2.24) is 0 Å². The van der Waals surface area contributed by atoms with Crippen LogP contribution in [-0.4, -0.2) is 11.7 Å². The smallest absolute Gasteiger partial charge is 0.132 e. The first-order valence-corrected chi connectivity index (χ1v) is 7.04. The quantitative estimate of drug-likeness (QED) is 0.805. The Morgan fingerprint density at radius 1 is 1.05 bits per heavy atom. The van der Waals surface area contributed by atoms with Gasteiger partial charge in [-0.15, -0.1) is 0 Å². The highest BCUT2D eigenvalue weighted by Gasteiger charge is 2.18. The van der Waals surface area contributed by atoms with Crippen LogP contribution < -0.4 is 5.32 Å². The molecule has 112 valence electrons. The van der Waals surface area contributed by atoms with Gasteiger partial charge in [0.05, 0.1) is 21.3 Å². The number of benzene rings is 2. The minimum absolute atomic E-state index is 0.168. The van der Waals surface area contributed by atoms with E-state index in [-0.39, 0.29) is 16.6 Å². The highest BCUT2D eigenvalue weighted by Crippen LogP contribution is 2.34. The lowest BCUT2D eigenvalue weighted by Gasteiger charge is -2.16. The Hall–Kier alpha value is -1.07. The van der Waals surface area contributed by atoms with Crippen LogP contribution in [0.4, 0.5) is 14.5 Å². The Kier molecular flexibility index (Phi) is 5.27. The van der Waals surface area contributed by atoms with E-state index in [2.05, 4.69) is 5.32 Å². The zero-order valence-electron chi connectivity index (χ0n) is 10.5. The van der Waals surface area contributed by atoms with Gasteiger partial charge < -0.3 is 10.4 Å². The maximum atomic E-state index is 13.5. The van der Waals surface area contributed by atoms with Gasteiger partial charge in [-0.25, -0.2) is 8.78 Å². The van der Waals surface area contributed by atoms with Crippen LogP contribution >= 0.6 is 34.8 Å². The normalized spacial score (nSPS) is 12.3. The molecular formula is C14H10Cl3F2NO. The minimum Gasteiger partial charge on any atom is -0.386 e. The van der Waals surface area contributed by atoms with Crippen LogP contribution in [0.5, 0.6) is 0 Å². The molecule has 0 aromatic heterocycles. The molecule has 0 heterocycles. The summed E-state index contributed by atoms with van der Waals surface area (Å²) < 4.78 is 27.1. The fourth-order valence-corrected chi connectivity index (χ4v) is 2.79. The predicted octanol–water partition coefficient (Wildman–Crippen LogP) is 5.07. The molecule has 2 N–H and O–H groups in total. The number of hydrogen-bond donors (Lipinski definition) is 2. The number of nitrogens with one attached hydrogen (secondary N) is 1. The summed E-state index contributed by atoms with van der Waals surface area (Å²) in [6, 6.07) is 6.30. The van der Waals surface area contributed by atoms with Gasteiger partial charge in [0, 0.05) is 11.6 Å². The highest BCUT2D eigenvalue weighted by atomic mass is 35.5. The first-order valence-electron chi connectivity index (χ1n) is 5.90. The summed E-state index contributed by atoms with van der Waals surface area (Å²) in [6.07, 6.45) is -1.39. The highest BCUT2D eigenvalue weighted by molar-refractivity contribution is 6.41. The zero-order valence-corrected chi connectivity index (χ0v) is 12.8. The largest absolute Gasteiger partial charge is 0.386 e. The number of aliphatic hydroxyl groups is 1. The molecule has 0 saturated heterocycles. The predicted molar refractivity (Wildman–Crippen MR) is 81.3 cm³/mol. The second-order valence-electron chi connectivity index (χ2n) is 4.28. The molecule has 0 aliphatic carbocycles. The van der Waals surface area contributed by atoms with Gasteiger partial charge in [0.25, 0.3) is 0 Å². The number of anilines is 1. The molecule has 21 heavy (non-hydrogen) atoms. The first-order chi connectivity index (χ1) is 9.90. The Morgan fingerprint density at radius 3 is 2.10 bits per heavy atom. The average molecular weight is 353 g/mol. The SMILES string of the molecule is OC(CNc1c(Cl)cc(Cl)cc1Cl)c1c(F)cccc1F. The molecule has 0 saturated carbocycles. The molecule has 2 nitrogen and oxygen atoms in total. The molecule has 0 fully saturated rings. The molecule has 0 bridgehead atoms. The van der Waals surface area contributed by atoms with E-state index in [1.54, 1.807) is 0 Å². The van der Waals surface area contributed by atoms with Crippen LogP contribution in [0, 0.1) is 11.6 Å². The van der Waals surface area contributed by atoms with Crippen molar-refractivity contribution in [3.63, 3.8) is 0 Å². The molecule has 0 aliphatic rings. The van der Waals surface area contributed by atoms with Gasteiger partial charge in [0.15, 0.2) is 0 Å². The average Bonchev–Trinajstić information content (AvgIpc) is 2.37. The molecule has 0 radical (unpaired) electrons. The summed E-state index contributed by atoms with van der Waals surface area (Å²) in [4.78, 5) is 0. The van der Waals surface area contributed by atoms with Crippen LogP contribution in [0.1, 0.15) is 11.7 Å². The van der Waals surface area contributed by atoms with Crippen LogP contribution in [-0.2, 0) is 0 Å². The fraction of sp³-hybridized carbons (Fsp3) is 0.143. The third-order valence-corrected chi connectivity index (χ3v) is 3.63. The second kappa shape index (κ2) is 6.79. The lowest BCUT2D eigenvalue weighted by Crippen LogP contribution is -2.15. The van der Waals surface area contributed by atoms with Gasteiger partial charge in [-0.3, -0.25) is 0 Å². The van der Waals surface area contributed by atoms with Gasteiger partial charge in [0.1, 0.15) is 17.7 Å². The van der Waals surface area contributed by atoms with Crippen molar-refractivity contribution in [1.29, 1.82) is 0 Å². The van der Waals surface area contributed by atoms with Gasteiger partial charge in [-0.2, -0.15) is 0 Å². The summed E-state index contributed by atoms with van der Waals surface area (Å²) in [7, 11) is 0. The van der Waals surface area contributed by atoms with Gasteiger partial charge in [-0.05, 0) is 24.3 Å². The van der Waals surface area contributed by atoms with Crippen molar-refractivity contribution >= 4 is 40.5 Å². The molecule has 2 aromatic carbocycles. The Bertz CT molecular complexity index is 623. The number of halogens is 5. The van der Waals surface area contributed by atoms with E-state index >= 15 is 0 Å². The molecule has 1 atom stereocenters. The third kappa shape index (κ3) is 3.77. The van der Waals surface area contributed by atoms with Crippen LogP contribution in [0.3, 0.4) is 0 Å². The third-order valence-electron chi connectivity index (χ3n) is 2.81. The van der Waals surface area contributed by atoms with E-state index in [0.717, 1.165) is 12.1 Å². The van der Waals surface area contributed by atoms with Crippen molar-refractivity contribution in [2.45, 2.75) is 6.10 Å². The first kappa shape index (κ1) is 16.3. The van der Waals surface area contributed by atoms with Gasteiger partial charge >= 0.3 is 0 Å². The molecule has 1 unspecified atom stereocenters. The van der Waals surface area contributed by atoms with Crippen molar-refractivity contribution in [2.24, 2.45) is 0 Å². The minimum atomic E-state index is -1.39. The van der Waals surface area contributed by atoms with Gasteiger partial charge in [0.2, 0.25) is 0 Å². The summed E-state index contributed by atoms with van der Waals surface area (Å²) in [6.45, 7) is -0.168. The molecule has 2 rings (SSSR count). The van der Waals surface area contributed by atoms with E-state index in [1.165, 1.54) is 18.2 Å². The molecule has 0 spiro atoms. The monoisotopic (exact) mass is 351 g/mol. The maximum Gasteiger partial charge on any atom is 0.132 e. The van der Waals surface area contributed by atoms with E-state index in [1.807, 2.05) is 0 Å². The summed E-state index contributed by atoms with van der Waals surface area (Å²) in [5, 5.41) is 13.5. The fourth-order valence-electron chi connectivity index (χ4n) is 1.84. The standard InChI is InChI=1S/C14H10Cl3F2NO/c15-7-4-8(16)14(9(17)5-7)20-6-12(21)13-10(18)2-1-3-11(13)19/h1-5,12,20-21H,6H2. The zero-order chi connectivity index (χ0) is 15.6. The summed E-state index contributed by atoms with van der Waals surface area (Å²) in [5.74, 6) is -1.64. The van der Waals surface area contributed by atoms with E-state index in [9.17, 15) is 13.9 Å². The van der Waals surface area contributed by atoms with E-state index < -0.39 is 23.3 Å². The topological polar surface area (TPSA) is 32.3 Å². The molecular weight excluding hydrogens is 343 g/mol. The lowest BCUT2D eigenvalue weighted by atomic mass is 10.1. The van der Waals surface area contributed by atoms with Crippen molar-refractivity contribution < 1.29 is 13.9 Å². The number of rotatable bonds is 4. The van der Waals surface area contributed by atoms with Gasteiger partial charge in [-0.1, -0.05) is 40.9 Å².